The van der Waals surface area contributed by atoms with Crippen molar-refractivity contribution in [2.24, 2.45) is 0 Å². The van der Waals surface area contributed by atoms with E-state index in [1.54, 1.807) is 6.20 Å². The summed E-state index contributed by atoms with van der Waals surface area (Å²) < 4.78 is 0. The number of nitrogens with zero attached hydrogens (tertiary/aromatic N) is 4. The van der Waals surface area contributed by atoms with E-state index in [0.29, 0.717) is 18.4 Å². The molecule has 0 saturated heterocycles. The van der Waals surface area contributed by atoms with Crippen molar-refractivity contribution in [2.45, 2.75) is 32.4 Å². The van der Waals surface area contributed by atoms with E-state index >= 15 is 0 Å². The van der Waals surface area contributed by atoms with Gasteiger partial charge in [-0.2, -0.15) is 0 Å². The van der Waals surface area contributed by atoms with Crippen molar-refractivity contribution in [3.05, 3.63) is 65.9 Å². The number of amides is 2. The Labute approximate surface area is 196 Å². The van der Waals surface area contributed by atoms with Crippen LogP contribution in [0.15, 0.2) is 54.7 Å². The highest BCUT2D eigenvalue weighted by molar-refractivity contribution is 7.21. The van der Waals surface area contributed by atoms with Crippen LogP contribution in [0.3, 0.4) is 0 Å². The SMILES string of the molecule is Cc1ccc(N(C)c2ccc3nc(Nc4cc(CNC(=O)NC5CC5)ccn4)sc3n2)cc1. The van der Waals surface area contributed by atoms with Crippen LogP contribution in [-0.4, -0.2) is 34.1 Å². The number of pyridine rings is 2. The van der Waals surface area contributed by atoms with Gasteiger partial charge in [0.25, 0.3) is 0 Å². The van der Waals surface area contributed by atoms with Crippen molar-refractivity contribution in [1.82, 2.24) is 25.6 Å². The fraction of sp³-hybridized carbons (Fsp3) is 0.250. The molecule has 1 aliphatic carbocycles. The number of hydrogen-bond donors (Lipinski definition) is 3. The van der Waals surface area contributed by atoms with Gasteiger partial charge in [0.1, 0.15) is 22.0 Å². The monoisotopic (exact) mass is 459 g/mol. The van der Waals surface area contributed by atoms with E-state index < -0.39 is 0 Å². The summed E-state index contributed by atoms with van der Waals surface area (Å²) in [6.45, 7) is 2.51. The summed E-state index contributed by atoms with van der Waals surface area (Å²) >= 11 is 1.48. The molecule has 0 unspecified atom stereocenters. The van der Waals surface area contributed by atoms with E-state index in [-0.39, 0.29) is 6.03 Å². The highest BCUT2D eigenvalue weighted by Crippen LogP contribution is 2.30. The highest BCUT2D eigenvalue weighted by Gasteiger charge is 2.22. The summed E-state index contributed by atoms with van der Waals surface area (Å²) in [6.07, 6.45) is 3.85. The van der Waals surface area contributed by atoms with Gasteiger partial charge in [0.15, 0.2) is 5.13 Å². The minimum absolute atomic E-state index is 0.132. The molecule has 2 amide bonds. The first kappa shape index (κ1) is 21.1. The molecule has 0 spiro atoms. The molecule has 8 nitrogen and oxygen atoms in total. The van der Waals surface area contributed by atoms with Crippen LogP contribution in [-0.2, 0) is 6.54 Å². The van der Waals surface area contributed by atoms with Gasteiger partial charge in [-0.25, -0.2) is 19.7 Å². The molecule has 1 fully saturated rings. The zero-order chi connectivity index (χ0) is 22.8. The number of benzene rings is 1. The number of urea groups is 1. The fourth-order valence-corrected chi connectivity index (χ4v) is 4.20. The molecule has 168 valence electrons. The number of carbonyl (C=O) groups excluding carboxylic acids is 1. The molecule has 0 aliphatic heterocycles. The van der Waals surface area contributed by atoms with Crippen LogP contribution in [0, 0.1) is 6.92 Å². The summed E-state index contributed by atoms with van der Waals surface area (Å²) in [4.78, 5) is 28.6. The van der Waals surface area contributed by atoms with E-state index in [4.69, 9.17) is 4.98 Å². The van der Waals surface area contributed by atoms with Gasteiger partial charge >= 0.3 is 6.03 Å². The van der Waals surface area contributed by atoms with Crippen molar-refractivity contribution < 1.29 is 4.79 Å². The Kier molecular flexibility index (Phi) is 5.78. The van der Waals surface area contributed by atoms with Gasteiger partial charge in [0.2, 0.25) is 0 Å². The molecule has 0 atom stereocenters. The summed E-state index contributed by atoms with van der Waals surface area (Å²) in [5.74, 6) is 1.53. The molecule has 4 aromatic rings. The van der Waals surface area contributed by atoms with Crippen LogP contribution < -0.4 is 20.9 Å². The zero-order valence-electron chi connectivity index (χ0n) is 18.5. The smallest absolute Gasteiger partial charge is 0.315 e. The van der Waals surface area contributed by atoms with Crippen LogP contribution in [0.1, 0.15) is 24.0 Å². The number of carbonyl (C=O) groups is 1. The molecule has 0 radical (unpaired) electrons. The number of aromatic nitrogens is 3. The maximum Gasteiger partial charge on any atom is 0.315 e. The van der Waals surface area contributed by atoms with E-state index in [0.717, 1.165) is 45.4 Å². The third-order valence-electron chi connectivity index (χ3n) is 5.43. The molecule has 9 heteroatoms. The molecule has 33 heavy (non-hydrogen) atoms. The van der Waals surface area contributed by atoms with Gasteiger partial charge < -0.3 is 20.9 Å². The van der Waals surface area contributed by atoms with E-state index in [9.17, 15) is 4.79 Å². The molecular formula is C24H25N7OS. The third-order valence-corrected chi connectivity index (χ3v) is 6.31. The average molecular weight is 460 g/mol. The standard InChI is InChI=1S/C24H25N7OS/c1-15-3-7-18(8-4-15)31(2)21-10-9-19-22(30-21)33-24(28-19)29-20-13-16(11-12-25-20)14-26-23(32)27-17-5-6-17/h3-4,7-13,17H,5-6,14H2,1-2H3,(H,25,28,29)(H2,26,27,32). The van der Waals surface area contributed by atoms with Crippen molar-refractivity contribution in [3.63, 3.8) is 0 Å². The lowest BCUT2D eigenvalue weighted by Gasteiger charge is -2.18. The van der Waals surface area contributed by atoms with Crippen molar-refractivity contribution in [1.29, 1.82) is 0 Å². The van der Waals surface area contributed by atoms with E-state index in [1.807, 2.05) is 31.3 Å². The zero-order valence-corrected chi connectivity index (χ0v) is 19.3. The average Bonchev–Trinajstić information content (AvgIpc) is 3.54. The molecule has 3 heterocycles. The second-order valence-electron chi connectivity index (χ2n) is 8.18. The Hall–Kier alpha value is -3.72. The number of aryl methyl sites for hydroxylation is 1. The van der Waals surface area contributed by atoms with Crippen LogP contribution >= 0.6 is 11.3 Å². The van der Waals surface area contributed by atoms with Gasteiger partial charge in [-0.05, 0) is 61.7 Å². The number of anilines is 4. The first-order chi connectivity index (χ1) is 16.0. The number of fused-ring (bicyclic) bond motifs is 1. The van der Waals surface area contributed by atoms with Crippen molar-refractivity contribution in [2.75, 3.05) is 17.3 Å². The molecule has 1 aliphatic rings. The lowest BCUT2D eigenvalue weighted by molar-refractivity contribution is 0.240. The topological polar surface area (TPSA) is 95.1 Å². The fourth-order valence-electron chi connectivity index (χ4n) is 3.36. The summed E-state index contributed by atoms with van der Waals surface area (Å²) in [5, 5.41) is 9.79. The minimum atomic E-state index is -0.132. The highest BCUT2D eigenvalue weighted by atomic mass is 32.1. The van der Waals surface area contributed by atoms with Gasteiger partial charge in [0, 0.05) is 31.5 Å². The second-order valence-corrected chi connectivity index (χ2v) is 9.16. The van der Waals surface area contributed by atoms with Crippen molar-refractivity contribution in [3.8, 4) is 0 Å². The number of nitrogens with one attached hydrogen (secondary N) is 3. The molecular weight excluding hydrogens is 434 g/mol. The predicted octanol–water partition coefficient (Wildman–Crippen LogP) is 4.87. The Morgan fingerprint density at radius 3 is 2.73 bits per heavy atom. The first-order valence-electron chi connectivity index (χ1n) is 10.9. The molecule has 3 aromatic heterocycles. The third kappa shape index (κ3) is 5.20. The number of hydrogen-bond acceptors (Lipinski definition) is 7. The molecule has 0 bridgehead atoms. The summed E-state index contributed by atoms with van der Waals surface area (Å²) in [6, 6.07) is 16.3. The Bertz CT molecular complexity index is 1280. The molecule has 1 saturated carbocycles. The van der Waals surface area contributed by atoms with E-state index in [1.165, 1.54) is 16.9 Å². The van der Waals surface area contributed by atoms with Crippen LogP contribution in [0.5, 0.6) is 0 Å². The number of thiazole rings is 1. The van der Waals surface area contributed by atoms with Crippen LogP contribution in [0.2, 0.25) is 0 Å². The Morgan fingerprint density at radius 2 is 1.94 bits per heavy atom. The molecule has 5 rings (SSSR count). The lowest BCUT2D eigenvalue weighted by atomic mass is 10.2. The van der Waals surface area contributed by atoms with Crippen LogP contribution in [0.25, 0.3) is 10.3 Å². The summed E-state index contributed by atoms with van der Waals surface area (Å²) in [7, 11) is 2.01. The normalized spacial score (nSPS) is 13.0. The minimum Gasteiger partial charge on any atom is -0.335 e. The second kappa shape index (κ2) is 9.03. The lowest BCUT2D eigenvalue weighted by Crippen LogP contribution is -2.36. The molecule has 3 N–H and O–H groups in total. The van der Waals surface area contributed by atoms with Gasteiger partial charge in [0.05, 0.1) is 0 Å². The van der Waals surface area contributed by atoms with Gasteiger partial charge in [-0.3, -0.25) is 0 Å². The van der Waals surface area contributed by atoms with Gasteiger partial charge in [-0.15, -0.1) is 0 Å². The predicted molar refractivity (Wildman–Crippen MR) is 133 cm³/mol. The summed E-state index contributed by atoms with van der Waals surface area (Å²) in [5.41, 5.74) is 4.09. The quantitative estimate of drug-likeness (QED) is 0.365. The van der Waals surface area contributed by atoms with E-state index in [2.05, 4.69) is 62.0 Å². The van der Waals surface area contributed by atoms with Gasteiger partial charge in [-0.1, -0.05) is 29.0 Å². The van der Waals surface area contributed by atoms with Crippen LogP contribution in [0.4, 0.5) is 27.2 Å². The maximum atomic E-state index is 11.9. The molecule has 1 aromatic carbocycles. The largest absolute Gasteiger partial charge is 0.335 e. The number of rotatable bonds is 7. The van der Waals surface area contributed by atoms with Crippen molar-refractivity contribution >= 4 is 50.2 Å². The maximum absolute atomic E-state index is 11.9. The Morgan fingerprint density at radius 1 is 1.12 bits per heavy atom. The first-order valence-corrected chi connectivity index (χ1v) is 11.7. The Balaban J connectivity index is 1.27.